The molecular formula is C19H25NO4S. The third-order valence-electron chi connectivity index (χ3n) is 3.49. The van der Waals surface area contributed by atoms with Gasteiger partial charge in [0.15, 0.2) is 11.5 Å². The Labute approximate surface area is 152 Å². The first-order valence-corrected chi connectivity index (χ1v) is 9.39. The molecule has 136 valence electrons. The van der Waals surface area contributed by atoms with Gasteiger partial charge in [0, 0.05) is 10.4 Å². The van der Waals surface area contributed by atoms with Crippen molar-refractivity contribution in [1.29, 1.82) is 0 Å². The summed E-state index contributed by atoms with van der Waals surface area (Å²) in [6, 6.07) is 7.32. The summed E-state index contributed by atoms with van der Waals surface area (Å²) in [5.74, 6) is 1.40. The van der Waals surface area contributed by atoms with E-state index in [0.29, 0.717) is 42.6 Å². The zero-order valence-corrected chi connectivity index (χ0v) is 15.9. The predicted molar refractivity (Wildman–Crippen MR) is 100 cm³/mol. The molecule has 1 aromatic carbocycles. The van der Waals surface area contributed by atoms with E-state index in [9.17, 15) is 4.79 Å². The summed E-state index contributed by atoms with van der Waals surface area (Å²) in [4.78, 5) is 13.8. The van der Waals surface area contributed by atoms with E-state index in [-0.39, 0.29) is 11.9 Å². The lowest BCUT2D eigenvalue weighted by Gasteiger charge is -2.18. The fourth-order valence-electron chi connectivity index (χ4n) is 2.41. The van der Waals surface area contributed by atoms with Crippen LogP contribution in [-0.4, -0.2) is 25.7 Å². The number of hydrogen-bond acceptors (Lipinski definition) is 5. The molecule has 0 fully saturated rings. The molecule has 0 saturated carbocycles. The maximum Gasteiger partial charge on any atom is 0.252 e. The first-order valence-electron chi connectivity index (χ1n) is 8.51. The monoisotopic (exact) mass is 363 g/mol. The number of carbonyl (C=O) groups is 1. The number of nitrogens with one attached hydrogen (secondary N) is 1. The number of thiophene rings is 1. The third kappa shape index (κ3) is 4.89. The van der Waals surface area contributed by atoms with Crippen LogP contribution in [0.15, 0.2) is 29.6 Å². The minimum Gasteiger partial charge on any atom is -0.490 e. The Morgan fingerprint density at radius 1 is 1.08 bits per heavy atom. The van der Waals surface area contributed by atoms with Gasteiger partial charge in [0.1, 0.15) is 0 Å². The molecule has 0 spiro atoms. The minimum atomic E-state index is -0.175. The molecule has 0 aliphatic carbocycles. The highest BCUT2D eigenvalue weighted by atomic mass is 32.1. The largest absolute Gasteiger partial charge is 0.490 e. The SMILES string of the molecule is CCOc1cc(C(=O)N[C@@H](C)c2cccs2)cc(OCC)c1OCC. The number of ether oxygens (including phenoxy) is 3. The molecule has 0 bridgehead atoms. The van der Waals surface area contributed by atoms with E-state index in [0.717, 1.165) is 4.88 Å². The first-order chi connectivity index (χ1) is 12.1. The number of rotatable bonds is 9. The van der Waals surface area contributed by atoms with Gasteiger partial charge in [-0.1, -0.05) is 6.07 Å². The van der Waals surface area contributed by atoms with Crippen LogP contribution in [-0.2, 0) is 0 Å². The predicted octanol–water partition coefficient (Wildman–Crippen LogP) is 4.44. The normalized spacial score (nSPS) is 11.7. The average Bonchev–Trinajstić information content (AvgIpc) is 3.12. The van der Waals surface area contributed by atoms with Crippen LogP contribution in [0.25, 0.3) is 0 Å². The van der Waals surface area contributed by atoms with Crippen molar-refractivity contribution in [1.82, 2.24) is 5.32 Å². The second-order valence-electron chi connectivity index (χ2n) is 5.31. The van der Waals surface area contributed by atoms with Gasteiger partial charge >= 0.3 is 0 Å². The van der Waals surface area contributed by atoms with Crippen LogP contribution in [0.2, 0.25) is 0 Å². The fraction of sp³-hybridized carbons (Fsp3) is 0.421. The summed E-state index contributed by atoms with van der Waals surface area (Å²) in [7, 11) is 0. The minimum absolute atomic E-state index is 0.0647. The molecule has 1 N–H and O–H groups in total. The van der Waals surface area contributed by atoms with Crippen LogP contribution in [0.3, 0.4) is 0 Å². The van der Waals surface area contributed by atoms with Gasteiger partial charge in [-0.3, -0.25) is 4.79 Å². The summed E-state index contributed by atoms with van der Waals surface area (Å²) in [6.07, 6.45) is 0. The second-order valence-corrected chi connectivity index (χ2v) is 6.29. The Morgan fingerprint density at radius 2 is 1.68 bits per heavy atom. The average molecular weight is 363 g/mol. The smallest absolute Gasteiger partial charge is 0.252 e. The Bertz CT molecular complexity index is 658. The van der Waals surface area contributed by atoms with Crippen LogP contribution >= 0.6 is 11.3 Å². The summed E-state index contributed by atoms with van der Waals surface area (Å²) in [6.45, 7) is 9.08. The molecule has 1 amide bonds. The van der Waals surface area contributed by atoms with E-state index < -0.39 is 0 Å². The van der Waals surface area contributed by atoms with Crippen LogP contribution in [0, 0.1) is 0 Å². The highest BCUT2D eigenvalue weighted by Gasteiger charge is 2.19. The van der Waals surface area contributed by atoms with Gasteiger partial charge in [-0.15, -0.1) is 11.3 Å². The maximum atomic E-state index is 12.7. The summed E-state index contributed by atoms with van der Waals surface area (Å²) in [5.41, 5.74) is 0.485. The third-order valence-corrected chi connectivity index (χ3v) is 4.54. The molecule has 1 aromatic heterocycles. The van der Waals surface area contributed by atoms with Crippen LogP contribution in [0.1, 0.15) is 49.0 Å². The molecule has 0 unspecified atom stereocenters. The molecule has 0 radical (unpaired) electrons. The van der Waals surface area contributed by atoms with Crippen molar-refractivity contribution in [2.24, 2.45) is 0 Å². The number of hydrogen-bond donors (Lipinski definition) is 1. The van der Waals surface area contributed by atoms with Crippen LogP contribution in [0.4, 0.5) is 0 Å². The van der Waals surface area contributed by atoms with Crippen molar-refractivity contribution in [2.75, 3.05) is 19.8 Å². The second kappa shape index (κ2) is 9.32. The molecule has 0 aliphatic rings. The molecular weight excluding hydrogens is 338 g/mol. The molecule has 0 saturated heterocycles. The van der Waals surface area contributed by atoms with Crippen LogP contribution in [0.5, 0.6) is 17.2 Å². The van der Waals surface area contributed by atoms with E-state index in [1.807, 2.05) is 45.2 Å². The summed E-state index contributed by atoms with van der Waals surface area (Å²) < 4.78 is 17.0. The van der Waals surface area contributed by atoms with Gasteiger partial charge in [-0.2, -0.15) is 0 Å². The summed E-state index contributed by atoms with van der Waals surface area (Å²) >= 11 is 1.62. The fourth-order valence-corrected chi connectivity index (χ4v) is 3.14. The van der Waals surface area contributed by atoms with Gasteiger partial charge in [0.2, 0.25) is 5.75 Å². The zero-order valence-electron chi connectivity index (χ0n) is 15.1. The van der Waals surface area contributed by atoms with Crippen molar-refractivity contribution in [3.05, 3.63) is 40.1 Å². The van der Waals surface area contributed by atoms with Crippen molar-refractivity contribution in [3.63, 3.8) is 0 Å². The summed E-state index contributed by atoms with van der Waals surface area (Å²) in [5, 5.41) is 5.00. The highest BCUT2D eigenvalue weighted by molar-refractivity contribution is 7.10. The van der Waals surface area contributed by atoms with Gasteiger partial charge in [-0.05, 0) is 51.3 Å². The Hall–Kier alpha value is -2.21. The Morgan fingerprint density at radius 3 is 2.16 bits per heavy atom. The lowest BCUT2D eigenvalue weighted by molar-refractivity contribution is 0.0939. The maximum absolute atomic E-state index is 12.7. The number of carbonyl (C=O) groups excluding carboxylic acids is 1. The molecule has 2 aromatic rings. The quantitative estimate of drug-likeness (QED) is 0.716. The van der Waals surface area contributed by atoms with Crippen molar-refractivity contribution in [3.8, 4) is 17.2 Å². The molecule has 5 nitrogen and oxygen atoms in total. The Balaban J connectivity index is 2.30. The zero-order chi connectivity index (χ0) is 18.2. The van der Waals surface area contributed by atoms with E-state index >= 15 is 0 Å². The standard InChI is InChI=1S/C19H25NO4S/c1-5-22-15-11-14(12-16(23-6-2)18(15)24-7-3)19(21)20-13(4)17-9-8-10-25-17/h8-13H,5-7H2,1-4H3,(H,20,21)/t13-/m0/s1. The van der Waals surface area contributed by atoms with Crippen molar-refractivity contribution < 1.29 is 19.0 Å². The molecule has 25 heavy (non-hydrogen) atoms. The van der Waals surface area contributed by atoms with Gasteiger partial charge in [-0.25, -0.2) is 0 Å². The lowest BCUT2D eigenvalue weighted by Crippen LogP contribution is -2.26. The Kier molecular flexibility index (Phi) is 7.13. The lowest BCUT2D eigenvalue weighted by atomic mass is 10.1. The van der Waals surface area contributed by atoms with E-state index in [4.69, 9.17) is 14.2 Å². The van der Waals surface area contributed by atoms with Gasteiger partial charge in [0.25, 0.3) is 5.91 Å². The van der Waals surface area contributed by atoms with E-state index in [2.05, 4.69) is 5.32 Å². The van der Waals surface area contributed by atoms with Crippen LogP contribution < -0.4 is 19.5 Å². The topological polar surface area (TPSA) is 56.8 Å². The molecule has 2 rings (SSSR count). The van der Waals surface area contributed by atoms with Gasteiger partial charge < -0.3 is 19.5 Å². The molecule has 1 atom stereocenters. The number of benzene rings is 1. The highest BCUT2D eigenvalue weighted by Crippen LogP contribution is 2.39. The molecule has 6 heteroatoms. The van der Waals surface area contributed by atoms with Crippen molar-refractivity contribution in [2.45, 2.75) is 33.7 Å². The van der Waals surface area contributed by atoms with Gasteiger partial charge in [0.05, 0.1) is 25.9 Å². The first kappa shape index (κ1) is 19.1. The number of amides is 1. The van der Waals surface area contributed by atoms with E-state index in [1.165, 1.54) is 0 Å². The molecule has 0 aliphatic heterocycles. The van der Waals surface area contributed by atoms with Crippen molar-refractivity contribution >= 4 is 17.2 Å². The molecule has 1 heterocycles. The van der Waals surface area contributed by atoms with E-state index in [1.54, 1.807) is 23.5 Å².